The molecule has 3 rings (SSSR count). The van der Waals surface area contributed by atoms with E-state index in [1.165, 1.54) is 5.56 Å². The molecule has 2 aliphatic heterocycles. The highest BCUT2D eigenvalue weighted by molar-refractivity contribution is 5.09. The van der Waals surface area contributed by atoms with Crippen LogP contribution in [0.2, 0.25) is 0 Å². The zero-order valence-electron chi connectivity index (χ0n) is 11.2. The number of rotatable bonds is 2. The van der Waals surface area contributed by atoms with Gasteiger partial charge in [0, 0.05) is 45.1 Å². The standard InChI is InChI=1S/C14H21N3O2/c1-3-15-4-2-13(1)9-17-6-8-18-12-14(11-17)10-16-5-7-19-14/h1-4,16H,5-12H2/t14-/m1/s1. The molecule has 3 heterocycles. The van der Waals surface area contributed by atoms with Gasteiger partial charge < -0.3 is 14.8 Å². The van der Waals surface area contributed by atoms with Crippen LogP contribution >= 0.6 is 0 Å². The van der Waals surface area contributed by atoms with Gasteiger partial charge >= 0.3 is 0 Å². The van der Waals surface area contributed by atoms with Crippen molar-refractivity contribution < 1.29 is 9.47 Å². The third kappa shape index (κ3) is 3.30. The second-order valence-corrected chi connectivity index (χ2v) is 5.33. The van der Waals surface area contributed by atoms with Crippen molar-refractivity contribution in [3.8, 4) is 0 Å². The Bertz CT molecular complexity index is 393. The number of hydrogen-bond donors (Lipinski definition) is 1. The number of pyridine rings is 1. The third-order valence-corrected chi connectivity index (χ3v) is 3.72. The smallest absolute Gasteiger partial charge is 0.116 e. The first-order valence-corrected chi connectivity index (χ1v) is 6.90. The van der Waals surface area contributed by atoms with Crippen LogP contribution in [0, 0.1) is 0 Å². The summed E-state index contributed by atoms with van der Waals surface area (Å²) in [6.45, 7) is 6.84. The lowest BCUT2D eigenvalue weighted by atomic mass is 10.0. The fraction of sp³-hybridized carbons (Fsp3) is 0.643. The van der Waals surface area contributed by atoms with Gasteiger partial charge in [0.25, 0.3) is 0 Å². The molecule has 1 aromatic rings. The summed E-state index contributed by atoms with van der Waals surface area (Å²) in [5.41, 5.74) is 1.11. The maximum atomic E-state index is 6.01. The third-order valence-electron chi connectivity index (χ3n) is 3.72. The molecule has 19 heavy (non-hydrogen) atoms. The molecular weight excluding hydrogens is 242 g/mol. The summed E-state index contributed by atoms with van der Waals surface area (Å²) in [5, 5.41) is 3.42. The molecule has 0 aromatic carbocycles. The SMILES string of the molecule is c1cc(CN2CCOC[C@@]3(CNCCO3)C2)ccn1. The van der Waals surface area contributed by atoms with Crippen LogP contribution in [-0.2, 0) is 16.0 Å². The van der Waals surface area contributed by atoms with E-state index >= 15 is 0 Å². The van der Waals surface area contributed by atoms with Gasteiger partial charge in [0.1, 0.15) is 5.60 Å². The Labute approximate surface area is 113 Å². The lowest BCUT2D eigenvalue weighted by Crippen LogP contribution is -2.57. The molecule has 5 heteroatoms. The Kier molecular flexibility index (Phi) is 4.08. The van der Waals surface area contributed by atoms with Gasteiger partial charge in [0.05, 0.1) is 19.8 Å². The molecular formula is C14H21N3O2. The lowest BCUT2D eigenvalue weighted by Gasteiger charge is -2.38. The van der Waals surface area contributed by atoms with E-state index in [-0.39, 0.29) is 5.60 Å². The highest BCUT2D eigenvalue weighted by Crippen LogP contribution is 2.20. The zero-order chi connectivity index (χ0) is 13.0. The second-order valence-electron chi connectivity index (χ2n) is 5.33. The molecule has 0 bridgehead atoms. The Morgan fingerprint density at radius 3 is 3.00 bits per heavy atom. The summed E-state index contributed by atoms with van der Waals surface area (Å²) in [4.78, 5) is 6.47. The predicted molar refractivity (Wildman–Crippen MR) is 71.9 cm³/mol. The van der Waals surface area contributed by atoms with Crippen LogP contribution in [0.5, 0.6) is 0 Å². The van der Waals surface area contributed by atoms with Crippen molar-refractivity contribution in [3.05, 3.63) is 30.1 Å². The second kappa shape index (κ2) is 5.96. The molecule has 0 amide bonds. The first kappa shape index (κ1) is 13.0. The summed E-state index contributed by atoms with van der Waals surface area (Å²) < 4.78 is 11.7. The summed E-state index contributed by atoms with van der Waals surface area (Å²) in [7, 11) is 0. The molecule has 0 radical (unpaired) electrons. The van der Waals surface area contributed by atoms with Crippen molar-refractivity contribution in [1.82, 2.24) is 15.2 Å². The van der Waals surface area contributed by atoms with Gasteiger partial charge in [0.15, 0.2) is 0 Å². The van der Waals surface area contributed by atoms with E-state index in [0.717, 1.165) is 45.9 Å². The van der Waals surface area contributed by atoms with Crippen LogP contribution in [0.25, 0.3) is 0 Å². The fourth-order valence-electron chi connectivity index (χ4n) is 2.77. The molecule has 104 valence electrons. The minimum absolute atomic E-state index is 0.179. The molecule has 2 fully saturated rings. The van der Waals surface area contributed by atoms with Crippen LogP contribution < -0.4 is 5.32 Å². The predicted octanol–water partition coefficient (Wildman–Crippen LogP) is 0.272. The van der Waals surface area contributed by atoms with Crippen LogP contribution in [0.4, 0.5) is 0 Å². The molecule has 0 saturated carbocycles. The van der Waals surface area contributed by atoms with Gasteiger partial charge in [-0.15, -0.1) is 0 Å². The molecule has 1 aromatic heterocycles. The maximum Gasteiger partial charge on any atom is 0.116 e. The van der Waals surface area contributed by atoms with E-state index in [0.29, 0.717) is 6.61 Å². The molecule has 0 aliphatic carbocycles. The van der Waals surface area contributed by atoms with E-state index in [9.17, 15) is 0 Å². The van der Waals surface area contributed by atoms with Crippen molar-refractivity contribution in [2.24, 2.45) is 0 Å². The number of nitrogens with zero attached hydrogens (tertiary/aromatic N) is 2. The zero-order valence-corrected chi connectivity index (χ0v) is 11.2. The first-order chi connectivity index (χ1) is 9.36. The molecule has 0 unspecified atom stereocenters. The van der Waals surface area contributed by atoms with Gasteiger partial charge in [-0.2, -0.15) is 0 Å². The molecule has 2 aliphatic rings. The molecule has 1 N–H and O–H groups in total. The number of aromatic nitrogens is 1. The Morgan fingerprint density at radius 1 is 1.32 bits per heavy atom. The number of morpholine rings is 1. The molecule has 1 atom stereocenters. The van der Waals surface area contributed by atoms with E-state index < -0.39 is 0 Å². The van der Waals surface area contributed by atoms with Crippen LogP contribution in [0.3, 0.4) is 0 Å². The van der Waals surface area contributed by atoms with Crippen LogP contribution in [-0.4, -0.2) is 61.5 Å². The van der Waals surface area contributed by atoms with Crippen molar-refractivity contribution in [1.29, 1.82) is 0 Å². The van der Waals surface area contributed by atoms with E-state index in [2.05, 4.69) is 27.3 Å². The largest absolute Gasteiger partial charge is 0.377 e. The lowest BCUT2D eigenvalue weighted by molar-refractivity contribution is -0.108. The Morgan fingerprint density at radius 2 is 2.21 bits per heavy atom. The number of nitrogens with one attached hydrogen (secondary N) is 1. The van der Waals surface area contributed by atoms with Crippen molar-refractivity contribution in [2.75, 3.05) is 46.0 Å². The van der Waals surface area contributed by atoms with Crippen LogP contribution in [0.1, 0.15) is 5.56 Å². The summed E-state index contributed by atoms with van der Waals surface area (Å²) in [6, 6.07) is 4.14. The van der Waals surface area contributed by atoms with Gasteiger partial charge in [-0.25, -0.2) is 0 Å². The first-order valence-electron chi connectivity index (χ1n) is 6.90. The van der Waals surface area contributed by atoms with E-state index in [4.69, 9.17) is 9.47 Å². The van der Waals surface area contributed by atoms with Gasteiger partial charge in [-0.1, -0.05) is 0 Å². The minimum Gasteiger partial charge on any atom is -0.377 e. The van der Waals surface area contributed by atoms with Crippen molar-refractivity contribution in [3.63, 3.8) is 0 Å². The van der Waals surface area contributed by atoms with Gasteiger partial charge in [-0.3, -0.25) is 9.88 Å². The average Bonchev–Trinajstić information content (AvgIpc) is 2.63. The quantitative estimate of drug-likeness (QED) is 0.830. The van der Waals surface area contributed by atoms with E-state index in [1.54, 1.807) is 0 Å². The maximum absolute atomic E-state index is 6.01. The highest BCUT2D eigenvalue weighted by atomic mass is 16.5. The van der Waals surface area contributed by atoms with E-state index in [1.807, 2.05) is 12.4 Å². The normalized spacial score (nSPS) is 29.3. The summed E-state index contributed by atoms with van der Waals surface area (Å²) in [5.74, 6) is 0. The Hall–Kier alpha value is -1.01. The topological polar surface area (TPSA) is 46.6 Å². The average molecular weight is 263 g/mol. The molecule has 2 saturated heterocycles. The minimum atomic E-state index is -0.179. The van der Waals surface area contributed by atoms with Crippen molar-refractivity contribution in [2.45, 2.75) is 12.1 Å². The van der Waals surface area contributed by atoms with Gasteiger partial charge in [0.2, 0.25) is 0 Å². The highest BCUT2D eigenvalue weighted by Gasteiger charge is 2.37. The number of ether oxygens (including phenoxy) is 2. The monoisotopic (exact) mass is 263 g/mol. The number of hydrogen-bond acceptors (Lipinski definition) is 5. The Balaban J connectivity index is 1.67. The van der Waals surface area contributed by atoms with Crippen LogP contribution in [0.15, 0.2) is 24.5 Å². The molecule has 5 nitrogen and oxygen atoms in total. The summed E-state index contributed by atoms with van der Waals surface area (Å²) >= 11 is 0. The fourth-order valence-corrected chi connectivity index (χ4v) is 2.77. The molecule has 1 spiro atoms. The van der Waals surface area contributed by atoms with Gasteiger partial charge in [-0.05, 0) is 17.7 Å². The van der Waals surface area contributed by atoms with Crippen molar-refractivity contribution >= 4 is 0 Å². The summed E-state index contributed by atoms with van der Waals surface area (Å²) in [6.07, 6.45) is 3.69.